The minimum Gasteiger partial charge on any atom is -0.337 e. The van der Waals surface area contributed by atoms with Crippen molar-refractivity contribution >= 4 is 17.7 Å². The van der Waals surface area contributed by atoms with Crippen LogP contribution in [0.3, 0.4) is 0 Å². The summed E-state index contributed by atoms with van der Waals surface area (Å²) in [5.41, 5.74) is 0. The molecule has 0 aliphatic carbocycles. The summed E-state index contributed by atoms with van der Waals surface area (Å²) in [4.78, 5) is 14.1. The van der Waals surface area contributed by atoms with Crippen LogP contribution < -0.4 is 5.84 Å². The predicted molar refractivity (Wildman–Crippen MR) is 75.5 cm³/mol. The van der Waals surface area contributed by atoms with Gasteiger partial charge in [0.25, 0.3) is 5.82 Å². The molecule has 0 saturated carbocycles. The lowest BCUT2D eigenvalue weighted by atomic mass is 9.98. The van der Waals surface area contributed by atoms with Crippen LogP contribution in [0.1, 0.15) is 38.9 Å². The number of hydrogen-bond acceptors (Lipinski definition) is 5. The Labute approximate surface area is 130 Å². The quantitative estimate of drug-likeness (QED) is 0.673. The van der Waals surface area contributed by atoms with Crippen molar-refractivity contribution < 1.29 is 18.0 Å². The van der Waals surface area contributed by atoms with E-state index in [1.165, 1.54) is 0 Å². The number of amides is 1. The highest BCUT2D eigenvalue weighted by Crippen LogP contribution is 2.29. The predicted octanol–water partition coefficient (Wildman–Crippen LogP) is 1.89. The first kappa shape index (κ1) is 16.9. The second kappa shape index (κ2) is 6.35. The molecule has 2 heterocycles. The van der Waals surface area contributed by atoms with Gasteiger partial charge in [0.05, 0.1) is 5.75 Å². The number of likely N-dealkylation sites (tertiary alicyclic amines) is 1. The molecule has 2 atom stereocenters. The number of alkyl halides is 3. The Morgan fingerprint density at radius 2 is 1.91 bits per heavy atom. The van der Waals surface area contributed by atoms with Crippen molar-refractivity contribution in [3.63, 3.8) is 0 Å². The molecule has 6 nitrogen and oxygen atoms in total. The van der Waals surface area contributed by atoms with Gasteiger partial charge < -0.3 is 10.7 Å². The van der Waals surface area contributed by atoms with Crippen LogP contribution in [0.15, 0.2) is 5.16 Å². The van der Waals surface area contributed by atoms with Gasteiger partial charge in [0.15, 0.2) is 0 Å². The van der Waals surface area contributed by atoms with E-state index in [4.69, 9.17) is 5.84 Å². The zero-order valence-corrected chi connectivity index (χ0v) is 13.1. The van der Waals surface area contributed by atoms with E-state index in [0.29, 0.717) is 4.68 Å². The summed E-state index contributed by atoms with van der Waals surface area (Å²) in [6.07, 6.45) is -1.72. The van der Waals surface area contributed by atoms with E-state index < -0.39 is 12.0 Å². The molecule has 1 saturated heterocycles. The van der Waals surface area contributed by atoms with Crippen LogP contribution in [0.4, 0.5) is 13.2 Å². The molecule has 1 amide bonds. The van der Waals surface area contributed by atoms with E-state index in [-0.39, 0.29) is 28.9 Å². The maximum Gasteiger partial charge on any atom is 0.453 e. The van der Waals surface area contributed by atoms with E-state index in [9.17, 15) is 18.0 Å². The molecule has 0 spiro atoms. The molecule has 22 heavy (non-hydrogen) atoms. The summed E-state index contributed by atoms with van der Waals surface area (Å²) >= 11 is 0.863. The largest absolute Gasteiger partial charge is 0.453 e. The van der Waals surface area contributed by atoms with Crippen LogP contribution in [-0.2, 0) is 11.0 Å². The summed E-state index contributed by atoms with van der Waals surface area (Å²) < 4.78 is 38.1. The third-order valence-electron chi connectivity index (χ3n) is 3.72. The van der Waals surface area contributed by atoms with Gasteiger partial charge in [0, 0.05) is 12.1 Å². The summed E-state index contributed by atoms with van der Waals surface area (Å²) in [6, 6.07) is 0.275. The highest BCUT2D eigenvalue weighted by molar-refractivity contribution is 7.99. The Kier molecular flexibility index (Phi) is 4.88. The highest BCUT2D eigenvalue weighted by atomic mass is 32.2. The Bertz CT molecular complexity index is 537. The van der Waals surface area contributed by atoms with Crippen LogP contribution in [0.5, 0.6) is 0 Å². The first-order valence-corrected chi connectivity index (χ1v) is 7.92. The summed E-state index contributed by atoms with van der Waals surface area (Å²) in [6.45, 7) is 3.96. The number of piperidine rings is 1. The fraction of sp³-hybridized carbons (Fsp3) is 0.750. The van der Waals surface area contributed by atoms with E-state index in [0.717, 1.165) is 31.0 Å². The van der Waals surface area contributed by atoms with Crippen molar-refractivity contribution in [3.05, 3.63) is 5.82 Å². The number of nitrogen functional groups attached to an aromatic ring is 1. The van der Waals surface area contributed by atoms with Crippen LogP contribution in [0.2, 0.25) is 0 Å². The molecule has 2 N–H and O–H groups in total. The van der Waals surface area contributed by atoms with Crippen molar-refractivity contribution in [2.24, 2.45) is 0 Å². The van der Waals surface area contributed by atoms with Crippen LogP contribution >= 0.6 is 11.8 Å². The van der Waals surface area contributed by atoms with Crippen molar-refractivity contribution in [2.75, 3.05) is 11.6 Å². The van der Waals surface area contributed by atoms with Crippen LogP contribution in [-0.4, -0.2) is 43.5 Å². The van der Waals surface area contributed by atoms with E-state index in [1.807, 2.05) is 13.8 Å². The van der Waals surface area contributed by atoms with Gasteiger partial charge in [-0.1, -0.05) is 11.8 Å². The first-order chi connectivity index (χ1) is 10.2. The highest BCUT2D eigenvalue weighted by Gasteiger charge is 2.38. The van der Waals surface area contributed by atoms with Crippen LogP contribution in [0, 0.1) is 0 Å². The molecule has 1 aromatic rings. The SMILES string of the molecule is CC1CCCC(C)N1C(=O)CSc1nnc(C(F)(F)F)n1N. The lowest BCUT2D eigenvalue weighted by molar-refractivity contribution is -0.146. The zero-order chi connectivity index (χ0) is 16.5. The molecule has 1 aromatic heterocycles. The molecule has 1 aliphatic heterocycles. The van der Waals surface area contributed by atoms with Gasteiger partial charge in [0.1, 0.15) is 0 Å². The van der Waals surface area contributed by atoms with Crippen molar-refractivity contribution in [3.8, 4) is 0 Å². The normalized spacial score (nSPS) is 22.9. The third kappa shape index (κ3) is 3.47. The number of halogens is 3. The third-order valence-corrected chi connectivity index (χ3v) is 4.65. The minimum atomic E-state index is -4.67. The molecular weight excluding hydrogens is 319 g/mol. The smallest absolute Gasteiger partial charge is 0.337 e. The minimum absolute atomic E-state index is 0.0120. The van der Waals surface area contributed by atoms with E-state index in [1.54, 1.807) is 4.90 Å². The molecule has 124 valence electrons. The van der Waals surface area contributed by atoms with Gasteiger partial charge in [-0.3, -0.25) is 4.79 Å². The molecule has 2 unspecified atom stereocenters. The number of carbonyl (C=O) groups excluding carboxylic acids is 1. The zero-order valence-electron chi connectivity index (χ0n) is 12.3. The molecule has 2 rings (SSSR count). The monoisotopic (exact) mass is 337 g/mol. The number of thioether (sulfide) groups is 1. The Hall–Kier alpha value is -1.45. The topological polar surface area (TPSA) is 77.0 Å². The van der Waals surface area contributed by atoms with Gasteiger partial charge in [-0.2, -0.15) is 13.2 Å². The Balaban J connectivity index is 2.01. The number of nitrogens with two attached hydrogens (primary N) is 1. The van der Waals surface area contributed by atoms with Crippen molar-refractivity contribution in [2.45, 2.75) is 56.5 Å². The Morgan fingerprint density at radius 1 is 1.32 bits per heavy atom. The number of carbonyl (C=O) groups is 1. The summed E-state index contributed by atoms with van der Waals surface area (Å²) in [7, 11) is 0. The van der Waals surface area contributed by atoms with Gasteiger partial charge in [-0.15, -0.1) is 10.2 Å². The van der Waals surface area contributed by atoms with E-state index in [2.05, 4.69) is 10.2 Å². The fourth-order valence-corrected chi connectivity index (χ4v) is 3.41. The number of nitrogens with zero attached hydrogens (tertiary/aromatic N) is 4. The molecule has 1 fully saturated rings. The number of rotatable bonds is 3. The van der Waals surface area contributed by atoms with E-state index >= 15 is 0 Å². The molecule has 10 heteroatoms. The van der Waals surface area contributed by atoms with Gasteiger partial charge in [-0.05, 0) is 33.1 Å². The molecule has 0 bridgehead atoms. The Morgan fingerprint density at radius 3 is 2.41 bits per heavy atom. The van der Waals surface area contributed by atoms with Gasteiger partial charge >= 0.3 is 6.18 Å². The fourth-order valence-electron chi connectivity index (χ4n) is 2.68. The lowest BCUT2D eigenvalue weighted by Crippen LogP contribution is -2.48. The van der Waals surface area contributed by atoms with Crippen LogP contribution in [0.25, 0.3) is 0 Å². The molecule has 0 radical (unpaired) electrons. The second-order valence-electron chi connectivity index (χ2n) is 5.39. The number of hydrogen-bond donors (Lipinski definition) is 1. The van der Waals surface area contributed by atoms with Gasteiger partial charge in [-0.25, -0.2) is 4.68 Å². The molecule has 1 aliphatic rings. The first-order valence-electron chi connectivity index (χ1n) is 6.93. The molecular formula is C12H18F3N5OS. The van der Waals surface area contributed by atoms with Gasteiger partial charge in [0.2, 0.25) is 11.1 Å². The maximum absolute atomic E-state index is 12.6. The van der Waals surface area contributed by atoms with Crippen molar-refractivity contribution in [1.29, 1.82) is 0 Å². The maximum atomic E-state index is 12.6. The van der Waals surface area contributed by atoms with Crippen molar-refractivity contribution in [1.82, 2.24) is 19.8 Å². The summed E-state index contributed by atoms with van der Waals surface area (Å²) in [5, 5.41) is 6.30. The molecule has 0 aromatic carbocycles. The number of aromatic nitrogens is 3. The second-order valence-corrected chi connectivity index (χ2v) is 6.34. The standard InChI is InChI=1S/C12H18F3N5OS/c1-7-4-3-5-8(2)19(7)9(21)6-22-11-18-17-10(20(11)16)12(13,14)15/h7-8H,3-6,16H2,1-2H3. The average molecular weight is 337 g/mol. The lowest BCUT2D eigenvalue weighted by Gasteiger charge is -2.39. The average Bonchev–Trinajstić information content (AvgIpc) is 2.77. The summed E-state index contributed by atoms with van der Waals surface area (Å²) in [5.74, 6) is 3.92.